The van der Waals surface area contributed by atoms with E-state index in [9.17, 15) is 28.4 Å². The van der Waals surface area contributed by atoms with E-state index in [2.05, 4.69) is 109 Å². The van der Waals surface area contributed by atoms with Gasteiger partial charge >= 0.3 is 18.1 Å². The van der Waals surface area contributed by atoms with Gasteiger partial charge in [0.25, 0.3) is 11.1 Å². The molecule has 0 saturated carbocycles. The lowest BCUT2D eigenvalue weighted by Crippen LogP contribution is -2.46. The van der Waals surface area contributed by atoms with Gasteiger partial charge in [-0.2, -0.15) is 9.37 Å². The Morgan fingerprint density at radius 2 is 0.968 bits per heavy atom. The Kier molecular flexibility index (Phi) is 20.8. The minimum Gasteiger partial charge on any atom is -0.371 e. The van der Waals surface area contributed by atoms with Crippen LogP contribution in [0.3, 0.4) is 0 Å². The van der Waals surface area contributed by atoms with Crippen LogP contribution in [0.2, 0.25) is 0 Å². The van der Waals surface area contributed by atoms with Crippen LogP contribution in [0.4, 0.5) is 53.6 Å². The van der Waals surface area contributed by atoms with Crippen molar-refractivity contribution in [2.75, 3.05) is 125 Å². The summed E-state index contributed by atoms with van der Waals surface area (Å²) in [5.74, 6) is 2.64. The van der Waals surface area contributed by atoms with Crippen LogP contribution in [0.25, 0.3) is 33.7 Å². The molecule has 0 atom stereocenters. The maximum Gasteiger partial charge on any atom is 0.325 e. The lowest BCUT2D eigenvalue weighted by Gasteiger charge is -2.46. The van der Waals surface area contributed by atoms with Crippen molar-refractivity contribution in [3.8, 4) is 11.6 Å². The molecular formula is C65H72Br2FN21O5S. The van der Waals surface area contributed by atoms with E-state index in [1.54, 1.807) is 115 Å². The number of fused-ring (bicyclic) bond motifs is 2. The maximum absolute atomic E-state index is 13.4. The first-order valence-electron chi connectivity index (χ1n) is 30.8. The summed E-state index contributed by atoms with van der Waals surface area (Å²) in [6.07, 6.45) is 13.4. The lowest BCUT2D eigenvalue weighted by atomic mass is 9.71. The number of urea groups is 3. The average molecular weight is 1440 g/mol. The number of carbonyl (C=O) groups is 3. The predicted octanol–water partition coefficient (Wildman–Crippen LogP) is 9.55. The number of amides is 6. The number of likely N-dealkylation sites (N-methyl/N-ethyl adjacent to an activating group) is 3. The summed E-state index contributed by atoms with van der Waals surface area (Å²) in [4.78, 5) is 113. The van der Waals surface area contributed by atoms with Crippen molar-refractivity contribution in [1.82, 2.24) is 78.2 Å². The topological polar surface area (TPSA) is 246 Å². The molecule has 9 aromatic rings. The summed E-state index contributed by atoms with van der Waals surface area (Å²) in [7, 11) is 7.55. The summed E-state index contributed by atoms with van der Waals surface area (Å²) in [5, 5.41) is 4.65. The zero-order valence-corrected chi connectivity index (χ0v) is 57.3. The first-order chi connectivity index (χ1) is 45.9. The third kappa shape index (κ3) is 14.8. The Morgan fingerprint density at radius 3 is 1.41 bits per heavy atom. The zero-order chi connectivity index (χ0) is 67.1. The number of rotatable bonds is 13. The molecule has 5 saturated heterocycles. The largest absolute Gasteiger partial charge is 0.371 e. The molecule has 1 aromatic carbocycles. The molecule has 494 valence electrons. The fourth-order valence-electron chi connectivity index (χ4n) is 11.8. The fourth-order valence-corrected chi connectivity index (χ4v) is 12.8. The highest BCUT2D eigenvalue weighted by molar-refractivity contribution is 9.10. The Bertz CT molecular complexity index is 4420. The van der Waals surface area contributed by atoms with Gasteiger partial charge in [-0.05, 0) is 162 Å². The quantitative estimate of drug-likeness (QED) is 0.0488. The smallest absolute Gasteiger partial charge is 0.325 e. The van der Waals surface area contributed by atoms with E-state index >= 15 is 0 Å². The molecule has 8 aromatic heterocycles. The van der Waals surface area contributed by atoms with Gasteiger partial charge in [0.1, 0.15) is 37.4 Å². The average Bonchev–Trinajstić information content (AvgIpc) is 1.62. The third-order valence-corrected chi connectivity index (χ3v) is 18.7. The number of pyridine rings is 4. The number of aromatic nitrogens is 12. The third-order valence-electron chi connectivity index (χ3n) is 17.2. The number of nitrogens with one attached hydrogen (secondary N) is 1. The second-order valence-corrected chi connectivity index (χ2v) is 25.7. The molecule has 0 aliphatic carbocycles. The SMILES string of the molecule is C=CCn1c(=O)c2cnc(Nc3ccc(N4CCC5(CCN(C)CC5)CC4)cc3)nc2n1-c1cccc(N2CCN(C)C2=O)n1.C=CCn1c(=O)c2cnc(SC)nc2n1-c1cccc(N2CCN(C)C2=O)n1.CN1CCN(c2cccc(Br)n2)C1=O.Fc1cccc(Br)n1. The van der Waals surface area contributed by atoms with E-state index in [1.165, 1.54) is 77.8 Å². The van der Waals surface area contributed by atoms with Gasteiger partial charge in [0.15, 0.2) is 28.1 Å². The van der Waals surface area contributed by atoms with Crippen molar-refractivity contribution < 1.29 is 18.8 Å². The van der Waals surface area contributed by atoms with E-state index < -0.39 is 5.95 Å². The van der Waals surface area contributed by atoms with Crippen LogP contribution < -0.4 is 36.0 Å². The Balaban J connectivity index is 0.000000154. The van der Waals surface area contributed by atoms with Crippen molar-refractivity contribution in [2.45, 2.75) is 43.9 Å². The van der Waals surface area contributed by atoms with Crippen molar-refractivity contribution in [3.05, 3.63) is 171 Å². The number of allylic oxidation sites excluding steroid dienone is 2. The maximum atomic E-state index is 13.4. The number of thioether (sulfide) groups is 1. The zero-order valence-electron chi connectivity index (χ0n) is 53.3. The summed E-state index contributed by atoms with van der Waals surface area (Å²) in [5.41, 5.74) is 3.04. The number of piperidine rings is 2. The predicted molar refractivity (Wildman–Crippen MR) is 374 cm³/mol. The molecule has 13 heterocycles. The summed E-state index contributed by atoms with van der Waals surface area (Å²) < 4.78 is 19.7. The lowest BCUT2D eigenvalue weighted by molar-refractivity contribution is 0.0945. The van der Waals surface area contributed by atoms with Crippen molar-refractivity contribution in [2.24, 2.45) is 5.41 Å². The van der Waals surface area contributed by atoms with E-state index in [4.69, 9.17) is 9.97 Å². The van der Waals surface area contributed by atoms with E-state index in [1.807, 2.05) is 48.7 Å². The first kappa shape index (κ1) is 67.0. The summed E-state index contributed by atoms with van der Waals surface area (Å²) in [6, 6.07) is 29.1. The Hall–Kier alpha value is -9.39. The molecule has 14 rings (SSSR count). The van der Waals surface area contributed by atoms with Crippen molar-refractivity contribution >= 4 is 119 Å². The minimum atomic E-state index is -0.459. The number of hydrogen-bond donors (Lipinski definition) is 1. The van der Waals surface area contributed by atoms with Crippen LogP contribution in [-0.4, -0.2) is 196 Å². The molecule has 30 heteroatoms. The van der Waals surface area contributed by atoms with Crippen LogP contribution >= 0.6 is 43.6 Å². The van der Waals surface area contributed by atoms with E-state index in [-0.39, 0.29) is 35.8 Å². The Morgan fingerprint density at radius 1 is 0.526 bits per heavy atom. The molecule has 95 heavy (non-hydrogen) atoms. The number of hydrogen-bond acceptors (Lipinski definition) is 17. The van der Waals surface area contributed by atoms with Crippen LogP contribution in [-0.2, 0) is 13.1 Å². The van der Waals surface area contributed by atoms with Crippen LogP contribution in [0, 0.1) is 11.4 Å². The first-order valence-corrected chi connectivity index (χ1v) is 33.6. The van der Waals surface area contributed by atoms with Gasteiger partial charge in [-0.25, -0.2) is 68.0 Å². The number of carbonyl (C=O) groups excluding carboxylic acids is 3. The molecule has 26 nitrogen and oxygen atoms in total. The second-order valence-electron chi connectivity index (χ2n) is 23.3. The molecule has 0 bridgehead atoms. The van der Waals surface area contributed by atoms with Gasteiger partial charge < -0.3 is 29.8 Å². The van der Waals surface area contributed by atoms with Gasteiger partial charge in [-0.3, -0.25) is 24.3 Å². The van der Waals surface area contributed by atoms with Gasteiger partial charge in [0.05, 0.1) is 13.1 Å². The number of benzene rings is 1. The van der Waals surface area contributed by atoms with Gasteiger partial charge in [-0.15, -0.1) is 13.2 Å². The van der Waals surface area contributed by atoms with Gasteiger partial charge in [0.2, 0.25) is 11.9 Å². The molecule has 1 N–H and O–H groups in total. The highest BCUT2D eigenvalue weighted by Gasteiger charge is 2.37. The van der Waals surface area contributed by atoms with Crippen molar-refractivity contribution in [1.29, 1.82) is 0 Å². The summed E-state index contributed by atoms with van der Waals surface area (Å²) >= 11 is 7.69. The van der Waals surface area contributed by atoms with Crippen LogP contribution in [0.5, 0.6) is 0 Å². The molecule has 0 radical (unpaired) electrons. The monoisotopic (exact) mass is 1440 g/mol. The molecule has 6 amide bonds. The highest BCUT2D eigenvalue weighted by Crippen LogP contribution is 2.42. The van der Waals surface area contributed by atoms with Gasteiger partial charge in [-0.1, -0.05) is 48.2 Å². The van der Waals surface area contributed by atoms with Crippen LogP contribution in [0.15, 0.2) is 159 Å². The number of anilines is 6. The number of likely N-dealkylation sites (tertiary alicyclic amines) is 1. The molecule has 1 spiro atoms. The molecular weight excluding hydrogens is 1370 g/mol. The normalized spacial score (nSPS) is 16.3. The van der Waals surface area contributed by atoms with E-state index in [0.29, 0.717) is 112 Å². The standard InChI is InChI=1S/C33H40N10O2.C18H19N7O2S.C9H10BrN3O.C5H3BrFN/c1-4-16-42-30(44)26-23-34-31(37-29(26)43(42)28-7-5-6-27(36-28)41-22-21-39(3)32(41)45)35-24-8-10-25(11-9-24)40-19-14-33(15-20-40)12-17-38(2)18-13-33;1-4-8-24-16(26)12-11-19-17(28-3)21-15(12)25(24)14-7-5-6-13(20-14)23-10-9-22(2)18(23)27;1-12-5-6-13(9(12)14)8-4-2-3-7(10)11-8;6-4-2-1-3-5(7)8-4/h4-11,23H,1,12-22H2,2-3H3,(H,34,35,37);4-7,11H,1,8-10H2,2-3H3;2-4H,5-6H2,1H3;1-3H. The summed E-state index contributed by atoms with van der Waals surface area (Å²) in [6.45, 7) is 16.6. The van der Waals surface area contributed by atoms with E-state index in [0.717, 1.165) is 29.9 Å². The number of nitrogens with zero attached hydrogens (tertiary/aromatic N) is 20. The second kappa shape index (κ2) is 29.5. The Labute approximate surface area is 568 Å². The van der Waals surface area contributed by atoms with Gasteiger partial charge in [0, 0.05) is 97.3 Å². The minimum absolute atomic E-state index is 0.00981. The van der Waals surface area contributed by atoms with Crippen molar-refractivity contribution in [3.63, 3.8) is 0 Å². The fraction of sp³-hybridized carbons (Fsp3) is 0.338. The molecule has 5 aliphatic rings. The molecule has 0 unspecified atom stereocenters. The number of halogens is 3. The molecule has 5 fully saturated rings. The molecule has 5 aliphatic heterocycles. The highest BCUT2D eigenvalue weighted by atomic mass is 79.9. The van der Waals surface area contributed by atoms with Crippen LogP contribution in [0.1, 0.15) is 25.7 Å².